The van der Waals surface area contributed by atoms with Crippen LogP contribution in [0.15, 0.2) is 24.3 Å². The van der Waals surface area contributed by atoms with E-state index in [9.17, 15) is 4.79 Å². The third-order valence-electron chi connectivity index (χ3n) is 5.49. The van der Waals surface area contributed by atoms with Crippen LogP contribution in [0.5, 0.6) is 0 Å². The number of ether oxygens (including phenoxy) is 1. The average molecular weight is 335 g/mol. The molecule has 2 saturated heterocycles. The molecule has 136 valence electrons. The number of fused-ring (bicyclic) bond motifs is 2. The molecule has 3 heteroatoms. The molecule has 0 aliphatic carbocycles. The van der Waals surface area contributed by atoms with Crippen molar-refractivity contribution in [2.45, 2.75) is 89.8 Å². The second-order valence-electron chi connectivity index (χ2n) is 7.33. The molecule has 0 saturated carbocycles. The van der Waals surface area contributed by atoms with Gasteiger partial charge in [-0.05, 0) is 50.9 Å². The molecule has 0 radical (unpaired) electrons. The lowest BCUT2D eigenvalue weighted by Crippen LogP contribution is -2.25. The summed E-state index contributed by atoms with van der Waals surface area (Å²) in [5.41, 5.74) is 0. The summed E-state index contributed by atoms with van der Waals surface area (Å²) in [5, 5.41) is 8.59. The molecule has 0 aromatic rings. The Labute approximate surface area is 147 Å². The van der Waals surface area contributed by atoms with Crippen LogP contribution in [0.3, 0.4) is 0 Å². The Balaban J connectivity index is 1.69. The molecule has 2 bridgehead atoms. The Bertz CT molecular complexity index is 427. The molecule has 0 aromatic carbocycles. The fraction of sp³-hybridized carbons (Fsp3) is 0.762. The quantitative estimate of drug-likeness (QED) is 0.291. The maximum absolute atomic E-state index is 10.4. The monoisotopic (exact) mass is 334 g/mol. The van der Waals surface area contributed by atoms with Gasteiger partial charge in [-0.1, -0.05) is 50.8 Å². The van der Waals surface area contributed by atoms with E-state index in [0.29, 0.717) is 24.0 Å². The normalized spacial score (nSPS) is 29.2. The molecule has 2 aliphatic rings. The van der Waals surface area contributed by atoms with Gasteiger partial charge in [0.1, 0.15) is 0 Å². The minimum atomic E-state index is -0.847. The van der Waals surface area contributed by atoms with Crippen molar-refractivity contribution in [2.24, 2.45) is 11.8 Å². The molecule has 2 aliphatic heterocycles. The van der Waals surface area contributed by atoms with Gasteiger partial charge in [0.15, 0.2) is 0 Å². The van der Waals surface area contributed by atoms with Crippen molar-refractivity contribution in [1.82, 2.24) is 0 Å². The van der Waals surface area contributed by atoms with E-state index >= 15 is 0 Å². The van der Waals surface area contributed by atoms with Crippen LogP contribution in [0.4, 0.5) is 0 Å². The number of carbonyl (C=O) groups is 1. The van der Waals surface area contributed by atoms with Crippen LogP contribution >= 0.6 is 0 Å². The second-order valence-corrected chi connectivity index (χ2v) is 7.33. The van der Waals surface area contributed by atoms with Crippen LogP contribution < -0.4 is 0 Å². The van der Waals surface area contributed by atoms with E-state index in [2.05, 4.69) is 19.1 Å². The Morgan fingerprint density at radius 1 is 1.04 bits per heavy atom. The second kappa shape index (κ2) is 10.7. The highest BCUT2D eigenvalue weighted by molar-refractivity contribution is 5.79. The third kappa shape index (κ3) is 6.08. The third-order valence-corrected chi connectivity index (χ3v) is 5.49. The van der Waals surface area contributed by atoms with E-state index in [1.165, 1.54) is 63.9 Å². The number of carboxylic acids is 1. The number of aliphatic carboxylic acids is 1. The van der Waals surface area contributed by atoms with Gasteiger partial charge in [0.25, 0.3) is 0 Å². The van der Waals surface area contributed by atoms with Crippen molar-refractivity contribution in [1.29, 1.82) is 0 Å². The molecule has 2 fully saturated rings. The number of rotatable bonds is 12. The Hall–Kier alpha value is -1.09. The van der Waals surface area contributed by atoms with Crippen LogP contribution in [0, 0.1) is 11.8 Å². The van der Waals surface area contributed by atoms with Gasteiger partial charge in [-0.15, -0.1) is 0 Å². The van der Waals surface area contributed by atoms with E-state index in [4.69, 9.17) is 9.84 Å². The highest BCUT2D eigenvalue weighted by atomic mass is 16.5. The molecule has 2 rings (SSSR count). The van der Waals surface area contributed by atoms with E-state index < -0.39 is 5.97 Å². The number of hydrogen-bond acceptors (Lipinski definition) is 2. The molecule has 4 atom stereocenters. The van der Waals surface area contributed by atoms with Crippen molar-refractivity contribution in [2.75, 3.05) is 0 Å². The maximum Gasteiger partial charge on any atom is 0.327 e. The number of carboxylic acid groups (broad SMARTS) is 1. The minimum Gasteiger partial charge on any atom is -0.478 e. The standard InChI is InChI=1S/C21H34O3/c1-2-3-4-5-6-9-12-17-18(20-16-15-19(17)24-20)13-10-7-8-11-14-21(22)23/h9,11-12,14,17-20H,2-8,10,13,15-16H2,1H3,(H,22,23)/b12-9-,14-11+/t17-,18+,19-,20+/m1/s1. The predicted molar refractivity (Wildman–Crippen MR) is 98.0 cm³/mol. The number of allylic oxidation sites excluding steroid dienone is 2. The van der Waals surface area contributed by atoms with Gasteiger partial charge >= 0.3 is 5.97 Å². The molecule has 1 N–H and O–H groups in total. The molecule has 24 heavy (non-hydrogen) atoms. The van der Waals surface area contributed by atoms with Gasteiger partial charge in [-0.25, -0.2) is 4.79 Å². The molecule has 0 aromatic heterocycles. The summed E-state index contributed by atoms with van der Waals surface area (Å²) in [6, 6.07) is 0. The Morgan fingerprint density at radius 3 is 2.58 bits per heavy atom. The largest absolute Gasteiger partial charge is 0.478 e. The highest BCUT2D eigenvalue weighted by Crippen LogP contribution is 2.46. The van der Waals surface area contributed by atoms with E-state index in [1.54, 1.807) is 6.08 Å². The van der Waals surface area contributed by atoms with Crippen molar-refractivity contribution < 1.29 is 14.6 Å². The Kier molecular flexibility index (Phi) is 8.58. The first-order chi connectivity index (χ1) is 11.7. The Morgan fingerprint density at radius 2 is 1.79 bits per heavy atom. The first-order valence-corrected chi connectivity index (χ1v) is 9.94. The topological polar surface area (TPSA) is 46.5 Å². The zero-order valence-corrected chi connectivity index (χ0v) is 15.2. The SMILES string of the molecule is CCCCCC/C=C\[C@@H]1[C@H](CCCC/C=C/C(=O)O)[C@@H]2CC[C@H]1O2. The summed E-state index contributed by atoms with van der Waals surface area (Å²) in [5.74, 6) is 0.448. The lowest BCUT2D eigenvalue weighted by molar-refractivity contribution is -0.131. The van der Waals surface area contributed by atoms with Crippen molar-refractivity contribution >= 4 is 5.97 Å². The summed E-state index contributed by atoms with van der Waals surface area (Å²) in [6.45, 7) is 2.25. The lowest BCUT2D eigenvalue weighted by Gasteiger charge is -2.25. The van der Waals surface area contributed by atoms with Gasteiger partial charge in [0, 0.05) is 12.0 Å². The summed E-state index contributed by atoms with van der Waals surface area (Å²) in [4.78, 5) is 10.4. The van der Waals surface area contributed by atoms with Crippen molar-refractivity contribution in [3.8, 4) is 0 Å². The first-order valence-electron chi connectivity index (χ1n) is 9.94. The van der Waals surface area contributed by atoms with Gasteiger partial charge < -0.3 is 9.84 Å². The minimum absolute atomic E-state index is 0.457. The summed E-state index contributed by atoms with van der Waals surface area (Å²) >= 11 is 0. The van der Waals surface area contributed by atoms with Gasteiger partial charge in [0.05, 0.1) is 12.2 Å². The average Bonchev–Trinajstić information content (AvgIpc) is 3.15. The predicted octanol–water partition coefficient (Wildman–Crippen LogP) is 5.51. The van der Waals surface area contributed by atoms with Crippen LogP contribution in [0.25, 0.3) is 0 Å². The molecular formula is C21H34O3. The zero-order chi connectivity index (χ0) is 17.2. The number of unbranched alkanes of at least 4 members (excludes halogenated alkanes) is 6. The molecule has 3 nitrogen and oxygen atoms in total. The van der Waals surface area contributed by atoms with Crippen LogP contribution in [-0.2, 0) is 9.53 Å². The van der Waals surface area contributed by atoms with E-state index in [0.717, 1.165) is 12.8 Å². The smallest absolute Gasteiger partial charge is 0.327 e. The lowest BCUT2D eigenvalue weighted by atomic mass is 9.76. The summed E-state index contributed by atoms with van der Waals surface area (Å²) in [7, 11) is 0. The maximum atomic E-state index is 10.4. The van der Waals surface area contributed by atoms with Crippen LogP contribution in [-0.4, -0.2) is 23.3 Å². The van der Waals surface area contributed by atoms with Crippen LogP contribution in [0.2, 0.25) is 0 Å². The molecule has 0 spiro atoms. The van der Waals surface area contributed by atoms with Gasteiger partial charge in [-0.2, -0.15) is 0 Å². The molecule has 0 unspecified atom stereocenters. The molecule has 2 heterocycles. The van der Waals surface area contributed by atoms with E-state index in [1.807, 2.05) is 0 Å². The van der Waals surface area contributed by atoms with Crippen molar-refractivity contribution in [3.05, 3.63) is 24.3 Å². The first kappa shape index (κ1) is 19.2. The fourth-order valence-corrected chi connectivity index (χ4v) is 4.22. The van der Waals surface area contributed by atoms with Gasteiger partial charge in [-0.3, -0.25) is 0 Å². The van der Waals surface area contributed by atoms with Crippen molar-refractivity contribution in [3.63, 3.8) is 0 Å². The van der Waals surface area contributed by atoms with E-state index in [-0.39, 0.29) is 0 Å². The summed E-state index contributed by atoms with van der Waals surface area (Å²) in [6.07, 6.45) is 22.1. The summed E-state index contributed by atoms with van der Waals surface area (Å²) < 4.78 is 6.16. The van der Waals surface area contributed by atoms with Gasteiger partial charge in [0.2, 0.25) is 0 Å². The van der Waals surface area contributed by atoms with Crippen LogP contribution in [0.1, 0.15) is 77.6 Å². The molecular weight excluding hydrogens is 300 g/mol. The molecule has 0 amide bonds. The fourth-order valence-electron chi connectivity index (χ4n) is 4.22. The highest BCUT2D eigenvalue weighted by Gasteiger charge is 2.46. The zero-order valence-electron chi connectivity index (χ0n) is 15.2. The number of hydrogen-bond donors (Lipinski definition) is 1.